The van der Waals surface area contributed by atoms with Crippen LogP contribution >= 0.6 is 0 Å². The summed E-state index contributed by atoms with van der Waals surface area (Å²) in [5.41, 5.74) is 4.29. The van der Waals surface area contributed by atoms with Gasteiger partial charge in [-0.15, -0.1) is 0 Å². The highest BCUT2D eigenvalue weighted by Crippen LogP contribution is 2.25. The Kier molecular flexibility index (Phi) is 6.78. The Morgan fingerprint density at radius 3 is 2.52 bits per heavy atom. The molecule has 1 heterocycles. The van der Waals surface area contributed by atoms with Crippen molar-refractivity contribution in [3.8, 4) is 23.3 Å². The number of methoxy groups -OCH3 is 1. The number of nitrogens with one attached hydrogen (secondary N) is 1. The summed E-state index contributed by atoms with van der Waals surface area (Å²) in [6.07, 6.45) is 1.61. The van der Waals surface area contributed by atoms with Crippen LogP contribution in [0.1, 0.15) is 23.9 Å². The van der Waals surface area contributed by atoms with Crippen LogP contribution in [-0.2, 0) is 4.79 Å². The van der Waals surface area contributed by atoms with Crippen LogP contribution < -0.4 is 14.8 Å². The second kappa shape index (κ2) is 9.68. The van der Waals surface area contributed by atoms with Gasteiger partial charge in [0.2, 0.25) is 0 Å². The van der Waals surface area contributed by atoms with Crippen molar-refractivity contribution in [2.75, 3.05) is 19.0 Å². The van der Waals surface area contributed by atoms with E-state index in [9.17, 15) is 10.1 Å². The van der Waals surface area contributed by atoms with E-state index in [1.54, 1.807) is 37.5 Å². The van der Waals surface area contributed by atoms with Gasteiger partial charge in [-0.05, 0) is 74.9 Å². The number of aryl methyl sites for hydroxylation is 1. The number of anilines is 1. The molecular weight excluding hydrogens is 390 g/mol. The zero-order chi connectivity index (χ0) is 22.4. The molecule has 0 aliphatic heterocycles. The summed E-state index contributed by atoms with van der Waals surface area (Å²) in [5.74, 6) is 1.02. The summed E-state index contributed by atoms with van der Waals surface area (Å²) >= 11 is 0. The summed E-state index contributed by atoms with van der Waals surface area (Å²) in [7, 11) is 1.63. The first kappa shape index (κ1) is 21.7. The van der Waals surface area contributed by atoms with Gasteiger partial charge in [0.15, 0.2) is 0 Å². The second-order valence-corrected chi connectivity index (χ2v) is 6.94. The molecule has 0 fully saturated rings. The lowest BCUT2D eigenvalue weighted by Gasteiger charge is -2.11. The number of nitrogens with zero attached hydrogens (tertiary/aromatic N) is 2. The number of amides is 1. The number of rotatable bonds is 7. The number of nitriles is 1. The number of hydrogen-bond acceptors (Lipinski definition) is 4. The van der Waals surface area contributed by atoms with Crippen molar-refractivity contribution in [2.45, 2.75) is 20.8 Å². The van der Waals surface area contributed by atoms with Gasteiger partial charge in [0.25, 0.3) is 5.91 Å². The molecule has 31 heavy (non-hydrogen) atoms. The van der Waals surface area contributed by atoms with E-state index in [4.69, 9.17) is 9.47 Å². The Balaban J connectivity index is 1.87. The summed E-state index contributed by atoms with van der Waals surface area (Å²) in [5, 5.41) is 12.3. The van der Waals surface area contributed by atoms with E-state index in [0.717, 1.165) is 34.1 Å². The van der Waals surface area contributed by atoms with Crippen LogP contribution in [-0.4, -0.2) is 24.2 Å². The third kappa shape index (κ3) is 4.96. The molecule has 0 atom stereocenters. The van der Waals surface area contributed by atoms with Gasteiger partial charge in [0.1, 0.15) is 23.1 Å². The zero-order valence-corrected chi connectivity index (χ0v) is 18.1. The molecule has 3 rings (SSSR count). The van der Waals surface area contributed by atoms with Crippen molar-refractivity contribution < 1.29 is 14.3 Å². The van der Waals surface area contributed by atoms with Gasteiger partial charge in [0, 0.05) is 28.8 Å². The van der Waals surface area contributed by atoms with E-state index >= 15 is 0 Å². The fraction of sp³-hybridized carbons (Fsp3) is 0.200. The first-order chi connectivity index (χ1) is 15.0. The molecule has 0 aliphatic carbocycles. The highest BCUT2D eigenvalue weighted by Gasteiger charge is 2.14. The predicted octanol–water partition coefficient (Wildman–Crippen LogP) is 5.05. The maximum Gasteiger partial charge on any atom is 0.266 e. The van der Waals surface area contributed by atoms with Gasteiger partial charge < -0.3 is 19.4 Å². The average molecular weight is 415 g/mol. The molecule has 0 radical (unpaired) electrons. The predicted molar refractivity (Wildman–Crippen MR) is 122 cm³/mol. The second-order valence-electron chi connectivity index (χ2n) is 6.94. The largest absolute Gasteiger partial charge is 0.497 e. The molecule has 1 amide bonds. The highest BCUT2D eigenvalue weighted by molar-refractivity contribution is 6.09. The van der Waals surface area contributed by atoms with E-state index in [2.05, 4.69) is 9.88 Å². The first-order valence-electron chi connectivity index (χ1n) is 9.96. The van der Waals surface area contributed by atoms with Crippen molar-refractivity contribution in [2.24, 2.45) is 0 Å². The number of carbonyl (C=O) groups is 1. The summed E-state index contributed by atoms with van der Waals surface area (Å²) in [6.45, 7) is 6.42. The minimum Gasteiger partial charge on any atom is -0.497 e. The van der Waals surface area contributed by atoms with Crippen molar-refractivity contribution in [3.63, 3.8) is 0 Å². The summed E-state index contributed by atoms with van der Waals surface area (Å²) in [4.78, 5) is 12.7. The normalized spacial score (nSPS) is 11.0. The van der Waals surface area contributed by atoms with E-state index in [1.165, 1.54) is 0 Å². The molecule has 0 spiro atoms. The van der Waals surface area contributed by atoms with E-state index in [0.29, 0.717) is 12.3 Å². The Morgan fingerprint density at radius 1 is 1.13 bits per heavy atom. The van der Waals surface area contributed by atoms with Gasteiger partial charge in [-0.2, -0.15) is 5.26 Å². The van der Waals surface area contributed by atoms with Crippen LogP contribution in [0.25, 0.3) is 11.8 Å². The highest BCUT2D eigenvalue weighted by atomic mass is 16.5. The Labute approximate surface area is 182 Å². The van der Waals surface area contributed by atoms with Crippen LogP contribution in [0.4, 0.5) is 5.69 Å². The molecule has 0 bridgehead atoms. The van der Waals surface area contributed by atoms with E-state index in [-0.39, 0.29) is 5.57 Å². The van der Waals surface area contributed by atoms with Crippen molar-refractivity contribution in [3.05, 3.63) is 77.1 Å². The smallest absolute Gasteiger partial charge is 0.266 e. The lowest BCUT2D eigenvalue weighted by Crippen LogP contribution is -2.13. The maximum atomic E-state index is 12.7. The third-order valence-corrected chi connectivity index (χ3v) is 4.87. The molecule has 0 aliphatic rings. The molecule has 0 saturated carbocycles. The molecular formula is C25H25N3O3. The lowest BCUT2D eigenvalue weighted by atomic mass is 10.1. The third-order valence-electron chi connectivity index (χ3n) is 4.87. The lowest BCUT2D eigenvalue weighted by molar-refractivity contribution is -0.112. The standard InChI is InChI=1S/C25H25N3O3/c1-5-31-23-11-9-21(10-12-23)27-25(29)20(16-26)14-19-13-17(2)28(18(19)3)22-7-6-8-24(15-22)30-4/h6-15H,5H2,1-4H3,(H,27,29)/b20-14-. The quantitative estimate of drug-likeness (QED) is 0.433. The number of aromatic nitrogens is 1. The molecule has 1 aromatic heterocycles. The van der Waals surface area contributed by atoms with Gasteiger partial charge in [-0.25, -0.2) is 0 Å². The van der Waals surface area contributed by atoms with Crippen LogP contribution in [0.15, 0.2) is 60.2 Å². The average Bonchev–Trinajstić information content (AvgIpc) is 3.06. The fourth-order valence-electron chi connectivity index (χ4n) is 3.38. The van der Waals surface area contributed by atoms with Crippen LogP contribution in [0.2, 0.25) is 0 Å². The van der Waals surface area contributed by atoms with Gasteiger partial charge in [-0.1, -0.05) is 6.07 Å². The maximum absolute atomic E-state index is 12.7. The number of carbonyl (C=O) groups excluding carboxylic acids is 1. The molecule has 6 nitrogen and oxygen atoms in total. The van der Waals surface area contributed by atoms with E-state index in [1.807, 2.05) is 57.2 Å². The van der Waals surface area contributed by atoms with Gasteiger partial charge in [0.05, 0.1) is 13.7 Å². The van der Waals surface area contributed by atoms with Crippen molar-refractivity contribution >= 4 is 17.7 Å². The topological polar surface area (TPSA) is 76.3 Å². The van der Waals surface area contributed by atoms with E-state index < -0.39 is 5.91 Å². The molecule has 2 aromatic carbocycles. The van der Waals surface area contributed by atoms with Gasteiger partial charge >= 0.3 is 0 Å². The Bertz CT molecular complexity index is 1150. The number of benzene rings is 2. The molecule has 0 saturated heterocycles. The van der Waals surface area contributed by atoms with Gasteiger partial charge in [-0.3, -0.25) is 4.79 Å². The van der Waals surface area contributed by atoms with Crippen LogP contribution in [0.3, 0.4) is 0 Å². The van der Waals surface area contributed by atoms with Crippen molar-refractivity contribution in [1.29, 1.82) is 5.26 Å². The minimum absolute atomic E-state index is 0.0276. The monoisotopic (exact) mass is 415 g/mol. The van der Waals surface area contributed by atoms with Crippen LogP contribution in [0, 0.1) is 25.2 Å². The minimum atomic E-state index is -0.460. The van der Waals surface area contributed by atoms with Crippen LogP contribution in [0.5, 0.6) is 11.5 Å². The summed E-state index contributed by atoms with van der Waals surface area (Å²) in [6, 6.07) is 18.7. The Morgan fingerprint density at radius 2 is 1.87 bits per heavy atom. The fourth-order valence-corrected chi connectivity index (χ4v) is 3.38. The molecule has 0 unspecified atom stereocenters. The van der Waals surface area contributed by atoms with Crippen molar-refractivity contribution in [1.82, 2.24) is 4.57 Å². The first-order valence-corrected chi connectivity index (χ1v) is 9.96. The summed E-state index contributed by atoms with van der Waals surface area (Å²) < 4.78 is 12.8. The Hall–Kier alpha value is -3.98. The number of hydrogen-bond donors (Lipinski definition) is 1. The molecule has 3 aromatic rings. The zero-order valence-electron chi connectivity index (χ0n) is 18.1. The number of ether oxygens (including phenoxy) is 2. The SMILES string of the molecule is CCOc1ccc(NC(=O)/C(C#N)=C\c2cc(C)n(-c3cccc(OC)c3)c2C)cc1. The molecule has 6 heteroatoms. The molecule has 158 valence electrons. The molecule has 1 N–H and O–H groups in total.